The number of carbonyl (C=O) groups is 3. The summed E-state index contributed by atoms with van der Waals surface area (Å²) in [5.74, 6) is -1.81. The van der Waals surface area contributed by atoms with E-state index in [0.717, 1.165) is 4.90 Å². The molecule has 0 aromatic heterocycles. The van der Waals surface area contributed by atoms with E-state index in [4.69, 9.17) is 5.11 Å². The van der Waals surface area contributed by atoms with Crippen molar-refractivity contribution in [1.82, 2.24) is 4.90 Å². The molecule has 0 saturated carbocycles. The number of carboxylic acids is 1. The molecule has 1 unspecified atom stereocenters. The van der Waals surface area contributed by atoms with Gasteiger partial charge in [-0.15, -0.1) is 0 Å². The van der Waals surface area contributed by atoms with Crippen molar-refractivity contribution in [2.75, 3.05) is 6.54 Å². The molecule has 1 aliphatic rings. The number of carbonyl (C=O) groups excluding carboxylic acids is 2. The summed E-state index contributed by atoms with van der Waals surface area (Å²) < 4.78 is 0. The van der Waals surface area contributed by atoms with Crippen LogP contribution in [-0.4, -0.2) is 34.3 Å². The Hall–Kier alpha value is -1.39. The molecule has 0 bridgehead atoms. The van der Waals surface area contributed by atoms with Gasteiger partial charge >= 0.3 is 5.97 Å². The third kappa shape index (κ3) is 2.05. The predicted octanol–water partition coefficient (Wildman–Crippen LogP) is -0.144. The first-order valence-electron chi connectivity index (χ1n) is 4.08. The van der Waals surface area contributed by atoms with Gasteiger partial charge in [-0.1, -0.05) is 6.92 Å². The number of amides is 2. The van der Waals surface area contributed by atoms with E-state index >= 15 is 0 Å². The third-order valence-electron chi connectivity index (χ3n) is 2.02. The lowest BCUT2D eigenvalue weighted by Gasteiger charge is -2.11. The summed E-state index contributed by atoms with van der Waals surface area (Å²) in [6, 6.07) is 0. The van der Waals surface area contributed by atoms with Crippen molar-refractivity contribution >= 4 is 17.8 Å². The van der Waals surface area contributed by atoms with Crippen LogP contribution < -0.4 is 0 Å². The van der Waals surface area contributed by atoms with Gasteiger partial charge in [0.15, 0.2) is 0 Å². The summed E-state index contributed by atoms with van der Waals surface area (Å²) in [5.41, 5.74) is 0. The van der Waals surface area contributed by atoms with Crippen LogP contribution in [0.1, 0.15) is 19.8 Å². The number of likely N-dealkylation sites (tertiary alicyclic amines) is 1. The Morgan fingerprint density at radius 3 is 2.62 bits per heavy atom. The molecule has 1 saturated heterocycles. The summed E-state index contributed by atoms with van der Waals surface area (Å²) in [4.78, 5) is 33.6. The number of aliphatic carboxylic acids is 1. The van der Waals surface area contributed by atoms with Gasteiger partial charge in [0.2, 0.25) is 11.8 Å². The fourth-order valence-electron chi connectivity index (χ4n) is 1.29. The van der Waals surface area contributed by atoms with Crippen LogP contribution in [0.2, 0.25) is 0 Å². The highest BCUT2D eigenvalue weighted by Crippen LogP contribution is 2.18. The maximum Gasteiger partial charge on any atom is 0.305 e. The monoisotopic (exact) mass is 185 g/mol. The first-order valence-corrected chi connectivity index (χ1v) is 4.08. The van der Waals surface area contributed by atoms with Crippen molar-refractivity contribution in [2.45, 2.75) is 19.8 Å². The SMILES string of the molecule is CC1CC(=O)N(CCC(=O)O)C1=O. The van der Waals surface area contributed by atoms with Gasteiger partial charge in [0, 0.05) is 18.9 Å². The van der Waals surface area contributed by atoms with E-state index in [9.17, 15) is 14.4 Å². The fourth-order valence-corrected chi connectivity index (χ4v) is 1.29. The van der Waals surface area contributed by atoms with Crippen LogP contribution in [0, 0.1) is 5.92 Å². The number of hydrogen-bond donors (Lipinski definition) is 1. The van der Waals surface area contributed by atoms with E-state index < -0.39 is 5.97 Å². The Morgan fingerprint density at radius 2 is 2.23 bits per heavy atom. The lowest BCUT2D eigenvalue weighted by molar-refractivity contribution is -0.141. The van der Waals surface area contributed by atoms with Crippen LogP contribution in [0.15, 0.2) is 0 Å². The first-order chi connectivity index (χ1) is 6.02. The van der Waals surface area contributed by atoms with E-state index in [2.05, 4.69) is 0 Å². The van der Waals surface area contributed by atoms with E-state index in [1.807, 2.05) is 0 Å². The third-order valence-corrected chi connectivity index (χ3v) is 2.02. The van der Waals surface area contributed by atoms with Crippen LogP contribution in [0.4, 0.5) is 0 Å². The van der Waals surface area contributed by atoms with Crippen LogP contribution in [-0.2, 0) is 14.4 Å². The molecule has 2 amide bonds. The number of imide groups is 1. The molecule has 5 nitrogen and oxygen atoms in total. The number of carboxylic acid groups (broad SMARTS) is 1. The van der Waals surface area contributed by atoms with Gasteiger partial charge in [0.05, 0.1) is 6.42 Å². The maximum absolute atomic E-state index is 11.2. The van der Waals surface area contributed by atoms with Gasteiger partial charge in [-0.05, 0) is 0 Å². The normalized spacial score (nSPS) is 22.5. The lowest BCUT2D eigenvalue weighted by atomic mass is 10.1. The van der Waals surface area contributed by atoms with Gasteiger partial charge in [-0.25, -0.2) is 0 Å². The largest absolute Gasteiger partial charge is 0.481 e. The second kappa shape index (κ2) is 3.55. The highest BCUT2D eigenvalue weighted by atomic mass is 16.4. The molecule has 1 fully saturated rings. The molecule has 1 N–H and O–H groups in total. The topological polar surface area (TPSA) is 74.7 Å². The Kier molecular flexibility index (Phi) is 2.65. The minimum atomic E-state index is -1.000. The maximum atomic E-state index is 11.2. The second-order valence-electron chi connectivity index (χ2n) is 3.13. The van der Waals surface area contributed by atoms with Crippen molar-refractivity contribution in [3.63, 3.8) is 0 Å². The van der Waals surface area contributed by atoms with Crippen molar-refractivity contribution in [3.05, 3.63) is 0 Å². The minimum Gasteiger partial charge on any atom is -0.481 e. The van der Waals surface area contributed by atoms with Crippen LogP contribution >= 0.6 is 0 Å². The molecule has 0 radical (unpaired) electrons. The van der Waals surface area contributed by atoms with E-state index in [-0.39, 0.29) is 37.1 Å². The standard InChI is InChI=1S/C8H11NO4/c1-5-4-6(10)9(8(5)13)3-2-7(11)12/h5H,2-4H2,1H3,(H,11,12). The van der Waals surface area contributed by atoms with Gasteiger partial charge in [-0.2, -0.15) is 0 Å². The fraction of sp³-hybridized carbons (Fsp3) is 0.625. The van der Waals surface area contributed by atoms with E-state index in [1.165, 1.54) is 0 Å². The molecule has 0 aromatic rings. The molecule has 13 heavy (non-hydrogen) atoms. The zero-order valence-corrected chi connectivity index (χ0v) is 7.32. The van der Waals surface area contributed by atoms with Gasteiger partial charge in [-0.3, -0.25) is 19.3 Å². The number of nitrogens with zero attached hydrogens (tertiary/aromatic N) is 1. The molecule has 72 valence electrons. The second-order valence-corrected chi connectivity index (χ2v) is 3.13. The molecule has 5 heteroatoms. The van der Waals surface area contributed by atoms with Gasteiger partial charge in [0.25, 0.3) is 0 Å². The number of rotatable bonds is 3. The smallest absolute Gasteiger partial charge is 0.305 e. The average Bonchev–Trinajstić information content (AvgIpc) is 2.24. The summed E-state index contributed by atoms with van der Waals surface area (Å²) >= 11 is 0. The Bertz CT molecular complexity index is 261. The zero-order valence-electron chi connectivity index (χ0n) is 7.32. The molecule has 1 aliphatic heterocycles. The highest BCUT2D eigenvalue weighted by molar-refractivity contribution is 6.03. The molecule has 0 aliphatic carbocycles. The summed E-state index contributed by atoms with van der Waals surface area (Å²) in [6.07, 6.45) is 0.0304. The van der Waals surface area contributed by atoms with Gasteiger partial charge < -0.3 is 5.11 Å². The average molecular weight is 185 g/mol. The van der Waals surface area contributed by atoms with Crippen molar-refractivity contribution < 1.29 is 19.5 Å². The summed E-state index contributed by atoms with van der Waals surface area (Å²) in [7, 11) is 0. The van der Waals surface area contributed by atoms with E-state index in [1.54, 1.807) is 6.92 Å². The van der Waals surface area contributed by atoms with Gasteiger partial charge in [0.1, 0.15) is 0 Å². The Labute approximate surface area is 75.3 Å². The number of hydrogen-bond acceptors (Lipinski definition) is 3. The Morgan fingerprint density at radius 1 is 1.62 bits per heavy atom. The summed E-state index contributed by atoms with van der Waals surface area (Å²) in [5, 5.41) is 8.36. The molecular weight excluding hydrogens is 174 g/mol. The summed E-state index contributed by atoms with van der Waals surface area (Å²) in [6.45, 7) is 1.67. The lowest BCUT2D eigenvalue weighted by Crippen LogP contribution is -2.32. The first kappa shape index (κ1) is 9.70. The quantitative estimate of drug-likeness (QED) is 0.621. The molecule has 1 rings (SSSR count). The van der Waals surface area contributed by atoms with Crippen LogP contribution in [0.3, 0.4) is 0 Å². The highest BCUT2D eigenvalue weighted by Gasteiger charge is 2.35. The Balaban J connectivity index is 2.54. The van der Waals surface area contributed by atoms with Crippen molar-refractivity contribution in [3.8, 4) is 0 Å². The minimum absolute atomic E-state index is 0.00264. The van der Waals surface area contributed by atoms with Crippen LogP contribution in [0.25, 0.3) is 0 Å². The molecule has 0 aromatic carbocycles. The van der Waals surface area contributed by atoms with E-state index in [0.29, 0.717) is 0 Å². The molecule has 1 atom stereocenters. The molecule has 0 spiro atoms. The van der Waals surface area contributed by atoms with Crippen LogP contribution in [0.5, 0.6) is 0 Å². The molecule has 1 heterocycles. The van der Waals surface area contributed by atoms with Crippen molar-refractivity contribution in [2.24, 2.45) is 5.92 Å². The zero-order chi connectivity index (χ0) is 10.0. The van der Waals surface area contributed by atoms with Crippen molar-refractivity contribution in [1.29, 1.82) is 0 Å². The predicted molar refractivity (Wildman–Crippen MR) is 42.8 cm³/mol. The molecular formula is C8H11NO4.